The molecule has 0 saturated carbocycles. The molecule has 2 aromatic carbocycles. The highest BCUT2D eigenvalue weighted by molar-refractivity contribution is 6.69. The van der Waals surface area contributed by atoms with Gasteiger partial charge in [-0.25, -0.2) is 4.99 Å². The molecular weight excluding hydrogens is 234 g/mol. The Morgan fingerprint density at radius 1 is 1.06 bits per heavy atom. The molecule has 0 aliphatic rings. The Bertz CT molecular complexity index is 523. The maximum atomic E-state index is 6.15. The summed E-state index contributed by atoms with van der Waals surface area (Å²) in [6.45, 7) is 0. The Labute approximate surface area is 106 Å². The molecule has 0 atom stereocenters. The van der Waals surface area contributed by atoms with Crippen LogP contribution in [-0.2, 0) is 0 Å². The summed E-state index contributed by atoms with van der Waals surface area (Å²) in [6.07, 6.45) is 0. The summed E-state index contributed by atoms with van der Waals surface area (Å²) in [5.74, 6) is 0.767. The summed E-state index contributed by atoms with van der Waals surface area (Å²) in [7, 11) is 1.63. The quantitative estimate of drug-likeness (QED) is 0.749. The SMILES string of the molecule is COc1cccc(N=C(Cl)c2ccccc2)c1. The van der Waals surface area contributed by atoms with E-state index in [9.17, 15) is 0 Å². The molecule has 0 N–H and O–H groups in total. The predicted octanol–water partition coefficient (Wildman–Crippen LogP) is 4.01. The summed E-state index contributed by atoms with van der Waals surface area (Å²) in [5, 5.41) is 0.471. The summed E-state index contributed by atoms with van der Waals surface area (Å²) < 4.78 is 5.13. The van der Waals surface area contributed by atoms with Gasteiger partial charge in [-0.15, -0.1) is 0 Å². The maximum absolute atomic E-state index is 6.15. The van der Waals surface area contributed by atoms with Gasteiger partial charge in [0.1, 0.15) is 10.9 Å². The van der Waals surface area contributed by atoms with Gasteiger partial charge in [-0.2, -0.15) is 0 Å². The van der Waals surface area contributed by atoms with Gasteiger partial charge in [0.25, 0.3) is 0 Å². The molecule has 0 aromatic heterocycles. The van der Waals surface area contributed by atoms with Crippen LogP contribution in [0.2, 0.25) is 0 Å². The first-order valence-electron chi connectivity index (χ1n) is 5.23. The number of aliphatic imine (C=N–C) groups is 1. The average molecular weight is 246 g/mol. The van der Waals surface area contributed by atoms with E-state index in [1.807, 2.05) is 54.6 Å². The number of rotatable bonds is 3. The van der Waals surface area contributed by atoms with Crippen molar-refractivity contribution < 1.29 is 4.74 Å². The zero-order valence-corrected chi connectivity index (χ0v) is 10.2. The minimum absolute atomic E-state index is 0.471. The summed E-state index contributed by atoms with van der Waals surface area (Å²) >= 11 is 6.15. The second-order valence-corrected chi connectivity index (χ2v) is 3.83. The van der Waals surface area contributed by atoms with Crippen LogP contribution in [0, 0.1) is 0 Å². The lowest BCUT2D eigenvalue weighted by Gasteiger charge is -2.01. The molecule has 0 heterocycles. The molecule has 0 aliphatic heterocycles. The smallest absolute Gasteiger partial charge is 0.136 e. The molecule has 2 aromatic rings. The monoisotopic (exact) mass is 245 g/mol. The number of hydrogen-bond acceptors (Lipinski definition) is 2. The van der Waals surface area contributed by atoms with Crippen molar-refractivity contribution in [2.45, 2.75) is 0 Å². The maximum Gasteiger partial charge on any atom is 0.136 e. The summed E-state index contributed by atoms with van der Waals surface area (Å²) in [5.41, 5.74) is 1.68. The van der Waals surface area contributed by atoms with Crippen molar-refractivity contribution in [2.75, 3.05) is 7.11 Å². The highest BCUT2D eigenvalue weighted by Gasteiger charge is 1.99. The molecule has 0 spiro atoms. The van der Waals surface area contributed by atoms with Crippen molar-refractivity contribution >= 4 is 22.5 Å². The zero-order chi connectivity index (χ0) is 12.1. The molecule has 0 aliphatic carbocycles. The molecule has 0 bridgehead atoms. The Morgan fingerprint density at radius 3 is 2.53 bits per heavy atom. The highest BCUT2D eigenvalue weighted by atomic mass is 35.5. The molecule has 2 rings (SSSR count). The van der Waals surface area contributed by atoms with Crippen LogP contribution in [-0.4, -0.2) is 12.3 Å². The van der Waals surface area contributed by atoms with Crippen LogP contribution >= 0.6 is 11.6 Å². The minimum Gasteiger partial charge on any atom is -0.497 e. The first-order chi connectivity index (χ1) is 8.29. The van der Waals surface area contributed by atoms with Crippen molar-refractivity contribution in [2.24, 2.45) is 4.99 Å². The van der Waals surface area contributed by atoms with Crippen LogP contribution in [0.25, 0.3) is 0 Å². The molecular formula is C14H12ClNO. The second kappa shape index (κ2) is 5.51. The van der Waals surface area contributed by atoms with Crippen molar-refractivity contribution in [3.8, 4) is 5.75 Å². The fourth-order valence-electron chi connectivity index (χ4n) is 1.43. The number of halogens is 1. The second-order valence-electron chi connectivity index (χ2n) is 3.47. The lowest BCUT2D eigenvalue weighted by molar-refractivity contribution is 0.415. The molecule has 0 amide bonds. The van der Waals surface area contributed by atoms with Gasteiger partial charge >= 0.3 is 0 Å². The van der Waals surface area contributed by atoms with E-state index < -0.39 is 0 Å². The number of nitrogens with zero attached hydrogens (tertiary/aromatic N) is 1. The van der Waals surface area contributed by atoms with E-state index in [2.05, 4.69) is 4.99 Å². The fourth-order valence-corrected chi connectivity index (χ4v) is 1.66. The van der Waals surface area contributed by atoms with E-state index >= 15 is 0 Å². The van der Waals surface area contributed by atoms with Gasteiger partial charge in [-0.1, -0.05) is 48.0 Å². The van der Waals surface area contributed by atoms with Crippen LogP contribution in [0.4, 0.5) is 5.69 Å². The third-order valence-electron chi connectivity index (χ3n) is 2.29. The van der Waals surface area contributed by atoms with Crippen molar-refractivity contribution in [1.29, 1.82) is 0 Å². The van der Waals surface area contributed by atoms with E-state index in [0.29, 0.717) is 5.17 Å². The largest absolute Gasteiger partial charge is 0.497 e. The molecule has 86 valence electrons. The Hall–Kier alpha value is -1.80. The Morgan fingerprint density at radius 2 is 1.82 bits per heavy atom. The van der Waals surface area contributed by atoms with Crippen LogP contribution in [0.1, 0.15) is 5.56 Å². The minimum atomic E-state index is 0.471. The van der Waals surface area contributed by atoms with Gasteiger partial charge in [0.05, 0.1) is 12.8 Å². The Balaban J connectivity index is 2.29. The molecule has 0 saturated heterocycles. The van der Waals surface area contributed by atoms with E-state index in [-0.39, 0.29) is 0 Å². The molecule has 0 radical (unpaired) electrons. The van der Waals surface area contributed by atoms with Crippen LogP contribution < -0.4 is 4.74 Å². The number of ether oxygens (including phenoxy) is 1. The lowest BCUT2D eigenvalue weighted by Crippen LogP contribution is -1.89. The highest BCUT2D eigenvalue weighted by Crippen LogP contribution is 2.21. The van der Waals surface area contributed by atoms with Crippen LogP contribution in [0.5, 0.6) is 5.75 Å². The Kier molecular flexibility index (Phi) is 3.78. The molecule has 17 heavy (non-hydrogen) atoms. The third kappa shape index (κ3) is 3.08. The summed E-state index contributed by atoms with van der Waals surface area (Å²) in [6, 6.07) is 17.1. The average Bonchev–Trinajstić information content (AvgIpc) is 2.40. The number of benzene rings is 2. The molecule has 2 nitrogen and oxygen atoms in total. The van der Waals surface area contributed by atoms with Gasteiger partial charge in [0.2, 0.25) is 0 Å². The van der Waals surface area contributed by atoms with E-state index in [4.69, 9.17) is 16.3 Å². The lowest BCUT2D eigenvalue weighted by atomic mass is 10.2. The standard InChI is InChI=1S/C14H12ClNO/c1-17-13-9-5-8-12(10-13)16-14(15)11-6-3-2-4-7-11/h2-10H,1H3. The fraction of sp³-hybridized carbons (Fsp3) is 0.0714. The molecule has 3 heteroatoms. The summed E-state index contributed by atoms with van der Waals surface area (Å²) in [4.78, 5) is 4.34. The van der Waals surface area contributed by atoms with Gasteiger partial charge in [-0.3, -0.25) is 0 Å². The van der Waals surface area contributed by atoms with Gasteiger partial charge in [-0.05, 0) is 12.1 Å². The van der Waals surface area contributed by atoms with Gasteiger partial charge in [0.15, 0.2) is 0 Å². The van der Waals surface area contributed by atoms with Gasteiger partial charge in [0, 0.05) is 11.6 Å². The number of methoxy groups -OCH3 is 1. The third-order valence-corrected chi connectivity index (χ3v) is 2.60. The van der Waals surface area contributed by atoms with Crippen molar-refractivity contribution in [3.05, 3.63) is 60.2 Å². The van der Waals surface area contributed by atoms with E-state index in [1.165, 1.54) is 0 Å². The molecule has 0 fully saturated rings. The van der Waals surface area contributed by atoms with Crippen molar-refractivity contribution in [1.82, 2.24) is 0 Å². The predicted molar refractivity (Wildman–Crippen MR) is 71.5 cm³/mol. The van der Waals surface area contributed by atoms with Crippen LogP contribution in [0.15, 0.2) is 59.6 Å². The first kappa shape index (κ1) is 11.7. The van der Waals surface area contributed by atoms with Crippen LogP contribution in [0.3, 0.4) is 0 Å². The first-order valence-corrected chi connectivity index (χ1v) is 5.61. The number of hydrogen-bond donors (Lipinski definition) is 0. The topological polar surface area (TPSA) is 21.6 Å². The normalized spacial score (nSPS) is 11.3. The van der Waals surface area contributed by atoms with E-state index in [0.717, 1.165) is 17.0 Å². The van der Waals surface area contributed by atoms with E-state index in [1.54, 1.807) is 7.11 Å². The van der Waals surface area contributed by atoms with Crippen molar-refractivity contribution in [3.63, 3.8) is 0 Å². The molecule has 0 unspecified atom stereocenters. The zero-order valence-electron chi connectivity index (χ0n) is 9.43. The van der Waals surface area contributed by atoms with Gasteiger partial charge < -0.3 is 4.74 Å².